The maximum Gasteiger partial charge on any atom is 0.123 e. The number of rotatable bonds is 3. The molecule has 0 aromatic heterocycles. The third-order valence-electron chi connectivity index (χ3n) is 3.75. The van der Waals surface area contributed by atoms with Crippen molar-refractivity contribution >= 4 is 17.3 Å². The summed E-state index contributed by atoms with van der Waals surface area (Å²) >= 11 is 6.15. The van der Waals surface area contributed by atoms with E-state index in [9.17, 15) is 0 Å². The molecule has 0 heterocycles. The first-order valence-corrected chi connectivity index (χ1v) is 7.37. The molecule has 1 N–H and O–H groups in total. The highest BCUT2D eigenvalue weighted by atomic mass is 35.5. The molecular weight excluding hydrogens is 286 g/mol. The van der Waals surface area contributed by atoms with Crippen LogP contribution in [0.1, 0.15) is 29.5 Å². The van der Waals surface area contributed by atoms with Crippen molar-refractivity contribution in [3.8, 4) is 5.75 Å². The SMILES string of the molecule is ON=C1CCCc2c(OCc3ccccc3Cl)cccc21. The molecule has 3 nitrogen and oxygen atoms in total. The van der Waals surface area contributed by atoms with Gasteiger partial charge < -0.3 is 9.94 Å². The molecule has 0 amide bonds. The number of nitrogens with zero attached hydrogens (tertiary/aromatic N) is 1. The zero-order chi connectivity index (χ0) is 14.7. The van der Waals surface area contributed by atoms with Crippen molar-refractivity contribution in [3.63, 3.8) is 0 Å². The van der Waals surface area contributed by atoms with Gasteiger partial charge in [0.25, 0.3) is 0 Å². The van der Waals surface area contributed by atoms with Crippen LogP contribution in [0.25, 0.3) is 0 Å². The summed E-state index contributed by atoms with van der Waals surface area (Å²) in [6, 6.07) is 13.5. The zero-order valence-corrected chi connectivity index (χ0v) is 12.3. The monoisotopic (exact) mass is 301 g/mol. The minimum Gasteiger partial charge on any atom is -0.489 e. The minimum absolute atomic E-state index is 0.432. The molecule has 0 atom stereocenters. The van der Waals surface area contributed by atoms with E-state index in [-0.39, 0.29) is 0 Å². The fraction of sp³-hybridized carbons (Fsp3) is 0.235. The molecule has 21 heavy (non-hydrogen) atoms. The second kappa shape index (κ2) is 6.19. The van der Waals surface area contributed by atoms with Crippen molar-refractivity contribution in [1.82, 2.24) is 0 Å². The predicted octanol–water partition coefficient (Wildman–Crippen LogP) is 4.43. The summed E-state index contributed by atoms with van der Waals surface area (Å²) in [5, 5.41) is 13.2. The Labute approximate surface area is 128 Å². The van der Waals surface area contributed by atoms with Gasteiger partial charge in [-0.05, 0) is 31.4 Å². The van der Waals surface area contributed by atoms with E-state index in [1.54, 1.807) is 0 Å². The topological polar surface area (TPSA) is 41.8 Å². The van der Waals surface area contributed by atoms with Crippen LogP contribution in [0.5, 0.6) is 5.75 Å². The molecular formula is C17H16ClNO2. The van der Waals surface area contributed by atoms with E-state index in [0.717, 1.165) is 47.4 Å². The molecule has 0 unspecified atom stereocenters. The molecule has 0 spiro atoms. The molecule has 0 saturated heterocycles. The summed E-state index contributed by atoms with van der Waals surface area (Å²) in [4.78, 5) is 0. The summed E-state index contributed by atoms with van der Waals surface area (Å²) in [7, 11) is 0. The molecule has 1 aliphatic rings. The fourth-order valence-electron chi connectivity index (χ4n) is 2.67. The van der Waals surface area contributed by atoms with Gasteiger partial charge >= 0.3 is 0 Å². The van der Waals surface area contributed by atoms with Gasteiger partial charge in [0.1, 0.15) is 12.4 Å². The summed E-state index contributed by atoms with van der Waals surface area (Å²) < 4.78 is 5.94. The van der Waals surface area contributed by atoms with Gasteiger partial charge in [-0.25, -0.2) is 0 Å². The van der Waals surface area contributed by atoms with Gasteiger partial charge in [-0.3, -0.25) is 0 Å². The first-order chi connectivity index (χ1) is 10.3. The first-order valence-electron chi connectivity index (χ1n) is 6.99. The van der Waals surface area contributed by atoms with Gasteiger partial charge in [0.2, 0.25) is 0 Å². The fourth-order valence-corrected chi connectivity index (χ4v) is 2.86. The maximum absolute atomic E-state index is 9.10. The van der Waals surface area contributed by atoms with Gasteiger partial charge in [0, 0.05) is 21.7 Å². The van der Waals surface area contributed by atoms with Crippen LogP contribution >= 0.6 is 11.6 Å². The van der Waals surface area contributed by atoms with Crippen molar-refractivity contribution in [2.45, 2.75) is 25.9 Å². The number of benzene rings is 2. The Bertz CT molecular complexity index is 682. The summed E-state index contributed by atoms with van der Waals surface area (Å²) in [5.41, 5.74) is 3.80. The van der Waals surface area contributed by atoms with Crippen LogP contribution in [-0.2, 0) is 13.0 Å². The average molecular weight is 302 g/mol. The Kier molecular flexibility index (Phi) is 4.11. The molecule has 0 fully saturated rings. The number of halogens is 1. The van der Waals surface area contributed by atoms with Gasteiger partial charge in [-0.15, -0.1) is 0 Å². The molecule has 2 aromatic rings. The van der Waals surface area contributed by atoms with Crippen LogP contribution in [0.15, 0.2) is 47.6 Å². The van der Waals surface area contributed by atoms with Crippen LogP contribution in [0.4, 0.5) is 0 Å². The number of oxime groups is 1. The largest absolute Gasteiger partial charge is 0.489 e. The molecule has 0 radical (unpaired) electrons. The van der Waals surface area contributed by atoms with Crippen molar-refractivity contribution in [2.75, 3.05) is 0 Å². The Hall–Kier alpha value is -2.00. The average Bonchev–Trinajstić information content (AvgIpc) is 2.53. The van der Waals surface area contributed by atoms with E-state index in [0.29, 0.717) is 11.6 Å². The lowest BCUT2D eigenvalue weighted by molar-refractivity contribution is 0.301. The summed E-state index contributed by atoms with van der Waals surface area (Å²) in [6.45, 7) is 0.432. The molecule has 4 heteroatoms. The third kappa shape index (κ3) is 2.88. The smallest absolute Gasteiger partial charge is 0.123 e. The van der Waals surface area contributed by atoms with Crippen molar-refractivity contribution < 1.29 is 9.94 Å². The van der Waals surface area contributed by atoms with E-state index < -0.39 is 0 Å². The van der Waals surface area contributed by atoms with E-state index in [2.05, 4.69) is 5.16 Å². The molecule has 0 aliphatic heterocycles. The van der Waals surface area contributed by atoms with Crippen LogP contribution in [-0.4, -0.2) is 10.9 Å². The Morgan fingerprint density at radius 1 is 1.10 bits per heavy atom. The molecule has 1 aliphatic carbocycles. The van der Waals surface area contributed by atoms with Crippen molar-refractivity contribution in [1.29, 1.82) is 0 Å². The van der Waals surface area contributed by atoms with Crippen molar-refractivity contribution in [2.24, 2.45) is 5.16 Å². The lowest BCUT2D eigenvalue weighted by atomic mass is 9.89. The van der Waals surface area contributed by atoms with Gasteiger partial charge in [0.05, 0.1) is 5.71 Å². The highest BCUT2D eigenvalue weighted by molar-refractivity contribution is 6.31. The molecule has 0 bridgehead atoms. The normalized spacial score (nSPS) is 15.8. The van der Waals surface area contributed by atoms with Gasteiger partial charge in [-0.1, -0.05) is 47.1 Å². The highest BCUT2D eigenvalue weighted by Crippen LogP contribution is 2.30. The van der Waals surface area contributed by atoms with Crippen LogP contribution in [0, 0.1) is 0 Å². The van der Waals surface area contributed by atoms with Crippen LogP contribution in [0.3, 0.4) is 0 Å². The van der Waals surface area contributed by atoms with Crippen LogP contribution < -0.4 is 4.74 Å². The second-order valence-electron chi connectivity index (χ2n) is 5.06. The summed E-state index contributed by atoms with van der Waals surface area (Å²) in [5.74, 6) is 0.841. The molecule has 3 rings (SSSR count). The number of hydrogen-bond acceptors (Lipinski definition) is 3. The predicted molar refractivity (Wildman–Crippen MR) is 83.5 cm³/mol. The van der Waals surface area contributed by atoms with E-state index >= 15 is 0 Å². The maximum atomic E-state index is 9.10. The molecule has 108 valence electrons. The minimum atomic E-state index is 0.432. The standard InChI is InChI=1S/C17H16ClNO2/c18-15-8-2-1-5-12(15)11-21-17-10-4-6-13-14(17)7-3-9-16(13)19-20/h1-2,4-6,8,10,20H,3,7,9,11H2. The van der Waals surface area contributed by atoms with E-state index in [1.165, 1.54) is 0 Å². The second-order valence-corrected chi connectivity index (χ2v) is 5.47. The lowest BCUT2D eigenvalue weighted by Gasteiger charge is -2.20. The summed E-state index contributed by atoms with van der Waals surface area (Å²) in [6.07, 6.45) is 2.71. The Balaban J connectivity index is 1.85. The first kappa shape index (κ1) is 14.0. The number of ether oxygens (including phenoxy) is 1. The Morgan fingerprint density at radius 3 is 2.76 bits per heavy atom. The zero-order valence-electron chi connectivity index (χ0n) is 11.6. The van der Waals surface area contributed by atoms with Crippen LogP contribution in [0.2, 0.25) is 5.02 Å². The Morgan fingerprint density at radius 2 is 1.95 bits per heavy atom. The van der Waals surface area contributed by atoms with Gasteiger partial charge in [0.15, 0.2) is 0 Å². The quantitative estimate of drug-likeness (QED) is 0.673. The highest BCUT2D eigenvalue weighted by Gasteiger charge is 2.19. The van der Waals surface area contributed by atoms with E-state index in [4.69, 9.17) is 21.5 Å². The molecule has 0 saturated carbocycles. The van der Waals surface area contributed by atoms with E-state index in [1.807, 2.05) is 42.5 Å². The molecule has 2 aromatic carbocycles. The third-order valence-corrected chi connectivity index (χ3v) is 4.11. The van der Waals surface area contributed by atoms with Crippen molar-refractivity contribution in [3.05, 3.63) is 64.2 Å². The number of fused-ring (bicyclic) bond motifs is 1. The van der Waals surface area contributed by atoms with Gasteiger partial charge in [-0.2, -0.15) is 0 Å². The lowest BCUT2D eigenvalue weighted by Crippen LogP contribution is -2.13. The number of hydrogen-bond donors (Lipinski definition) is 1.